The Hall–Kier alpha value is -1.55. The van der Waals surface area contributed by atoms with Crippen LogP contribution >= 0.6 is 0 Å². The smallest absolute Gasteiger partial charge is 0.303 e. The summed E-state index contributed by atoms with van der Waals surface area (Å²) in [4.78, 5) is 13.0. The van der Waals surface area contributed by atoms with Crippen LogP contribution in [-0.2, 0) is 4.79 Å². The number of methoxy groups -OCH3 is 1. The summed E-state index contributed by atoms with van der Waals surface area (Å²) in [6.45, 7) is 8.74. The lowest BCUT2D eigenvalue weighted by molar-refractivity contribution is -0.137. The van der Waals surface area contributed by atoms with E-state index in [1.54, 1.807) is 7.11 Å². The van der Waals surface area contributed by atoms with Crippen molar-refractivity contribution in [2.45, 2.75) is 65.3 Å². The average molecular weight is 335 g/mol. The molecule has 1 aromatic carbocycles. The second-order valence-corrected chi connectivity index (χ2v) is 6.44. The summed E-state index contributed by atoms with van der Waals surface area (Å²) >= 11 is 0. The molecule has 0 spiro atoms. The van der Waals surface area contributed by atoms with Crippen LogP contribution in [0.4, 0.5) is 0 Å². The third kappa shape index (κ3) is 6.91. The molecular formula is C20H33NO3. The van der Waals surface area contributed by atoms with E-state index in [0.29, 0.717) is 12.5 Å². The van der Waals surface area contributed by atoms with E-state index in [4.69, 9.17) is 9.84 Å². The molecule has 0 saturated carbocycles. The lowest BCUT2D eigenvalue weighted by Gasteiger charge is -2.29. The van der Waals surface area contributed by atoms with Crippen LogP contribution in [0.2, 0.25) is 0 Å². The van der Waals surface area contributed by atoms with Crippen LogP contribution in [0.15, 0.2) is 18.2 Å². The van der Waals surface area contributed by atoms with E-state index in [0.717, 1.165) is 38.1 Å². The summed E-state index contributed by atoms with van der Waals surface area (Å²) in [7, 11) is 1.70. The largest absolute Gasteiger partial charge is 0.497 e. The van der Waals surface area contributed by atoms with E-state index < -0.39 is 5.97 Å². The standard InChI is InChI=1S/C20H33NO3/c1-5-21(14-10-8-6-7-9-11-20(22)23)17(3)19-13-12-18(24-4)15-16(19)2/h12-13,15,17H,5-11,14H2,1-4H3,(H,22,23). The molecule has 24 heavy (non-hydrogen) atoms. The minimum absolute atomic E-state index is 0.300. The summed E-state index contributed by atoms with van der Waals surface area (Å²) in [6, 6.07) is 6.71. The number of ether oxygens (including phenoxy) is 1. The SMILES string of the molecule is CCN(CCCCCCCC(=O)O)C(C)c1ccc(OC)cc1C. The van der Waals surface area contributed by atoms with Crippen LogP contribution in [0.1, 0.15) is 69.5 Å². The van der Waals surface area contributed by atoms with E-state index in [1.807, 2.05) is 6.07 Å². The van der Waals surface area contributed by atoms with Gasteiger partial charge in [-0.2, -0.15) is 0 Å². The third-order valence-corrected chi connectivity index (χ3v) is 4.72. The molecule has 0 fully saturated rings. The average Bonchev–Trinajstić information content (AvgIpc) is 2.56. The van der Waals surface area contributed by atoms with Crippen molar-refractivity contribution in [1.82, 2.24) is 4.90 Å². The van der Waals surface area contributed by atoms with Gasteiger partial charge in [-0.1, -0.05) is 32.3 Å². The Kier molecular flexibility index (Phi) is 9.46. The van der Waals surface area contributed by atoms with E-state index in [9.17, 15) is 4.79 Å². The fourth-order valence-corrected chi connectivity index (χ4v) is 3.19. The molecule has 1 atom stereocenters. The highest BCUT2D eigenvalue weighted by Crippen LogP contribution is 2.26. The first-order chi connectivity index (χ1) is 11.5. The van der Waals surface area contributed by atoms with Gasteiger partial charge in [-0.25, -0.2) is 0 Å². The van der Waals surface area contributed by atoms with Gasteiger partial charge in [0.25, 0.3) is 0 Å². The number of carbonyl (C=O) groups is 1. The molecule has 1 unspecified atom stereocenters. The number of rotatable bonds is 12. The molecule has 0 aliphatic carbocycles. The maximum Gasteiger partial charge on any atom is 0.303 e. The molecule has 0 aliphatic heterocycles. The van der Waals surface area contributed by atoms with Crippen LogP contribution in [0.3, 0.4) is 0 Å². The predicted molar refractivity (Wildman–Crippen MR) is 98.7 cm³/mol. The molecule has 1 N–H and O–H groups in total. The van der Waals surface area contributed by atoms with E-state index >= 15 is 0 Å². The number of hydrogen-bond acceptors (Lipinski definition) is 3. The molecule has 4 nitrogen and oxygen atoms in total. The second kappa shape index (κ2) is 11.1. The van der Waals surface area contributed by atoms with Gasteiger partial charge < -0.3 is 9.84 Å². The fraction of sp³-hybridized carbons (Fsp3) is 0.650. The lowest BCUT2D eigenvalue weighted by Crippen LogP contribution is -2.28. The van der Waals surface area contributed by atoms with E-state index in [-0.39, 0.29) is 0 Å². The van der Waals surface area contributed by atoms with Crippen LogP contribution in [-0.4, -0.2) is 36.2 Å². The molecule has 4 heteroatoms. The first-order valence-corrected chi connectivity index (χ1v) is 9.10. The highest BCUT2D eigenvalue weighted by molar-refractivity contribution is 5.66. The number of benzene rings is 1. The lowest BCUT2D eigenvalue weighted by atomic mass is 10.0. The Morgan fingerprint density at radius 1 is 1.21 bits per heavy atom. The van der Waals surface area contributed by atoms with Crippen molar-refractivity contribution in [3.63, 3.8) is 0 Å². The Labute approximate surface area is 146 Å². The molecule has 0 aliphatic rings. The first-order valence-electron chi connectivity index (χ1n) is 9.10. The highest BCUT2D eigenvalue weighted by Gasteiger charge is 2.16. The number of hydrogen-bond donors (Lipinski definition) is 1. The zero-order valence-corrected chi connectivity index (χ0v) is 15.7. The van der Waals surface area contributed by atoms with Gasteiger partial charge in [0.05, 0.1) is 7.11 Å². The predicted octanol–water partition coefficient (Wildman–Crippen LogP) is 4.81. The second-order valence-electron chi connectivity index (χ2n) is 6.44. The summed E-state index contributed by atoms with van der Waals surface area (Å²) in [5.74, 6) is 0.226. The molecule has 0 heterocycles. The van der Waals surface area contributed by atoms with E-state index in [1.165, 1.54) is 24.0 Å². The van der Waals surface area contributed by atoms with Crippen molar-refractivity contribution in [3.05, 3.63) is 29.3 Å². The molecule has 0 aromatic heterocycles. The van der Waals surface area contributed by atoms with Crippen LogP contribution in [0, 0.1) is 6.92 Å². The van der Waals surface area contributed by atoms with Gasteiger partial charge in [0.15, 0.2) is 0 Å². The van der Waals surface area contributed by atoms with Crippen molar-refractivity contribution in [2.75, 3.05) is 20.2 Å². The minimum Gasteiger partial charge on any atom is -0.497 e. The zero-order chi connectivity index (χ0) is 17.9. The van der Waals surface area contributed by atoms with Crippen molar-refractivity contribution in [1.29, 1.82) is 0 Å². The van der Waals surface area contributed by atoms with Crippen molar-refractivity contribution in [2.24, 2.45) is 0 Å². The third-order valence-electron chi connectivity index (χ3n) is 4.72. The van der Waals surface area contributed by atoms with E-state index in [2.05, 4.69) is 37.8 Å². The summed E-state index contributed by atoms with van der Waals surface area (Å²) < 4.78 is 5.29. The fourth-order valence-electron chi connectivity index (χ4n) is 3.19. The molecule has 0 saturated heterocycles. The number of aliphatic carboxylic acids is 1. The Morgan fingerprint density at radius 3 is 2.46 bits per heavy atom. The number of nitrogens with zero attached hydrogens (tertiary/aromatic N) is 1. The van der Waals surface area contributed by atoms with Crippen LogP contribution < -0.4 is 4.74 Å². The minimum atomic E-state index is -0.684. The molecule has 1 rings (SSSR count). The highest BCUT2D eigenvalue weighted by atomic mass is 16.5. The van der Waals surface area contributed by atoms with Crippen LogP contribution in [0.5, 0.6) is 5.75 Å². The monoisotopic (exact) mass is 335 g/mol. The van der Waals surface area contributed by atoms with Gasteiger partial charge in [-0.15, -0.1) is 0 Å². The summed E-state index contributed by atoms with van der Waals surface area (Å²) in [5, 5.41) is 8.63. The van der Waals surface area contributed by atoms with Crippen molar-refractivity contribution >= 4 is 5.97 Å². The Balaban J connectivity index is 2.41. The molecule has 136 valence electrons. The molecular weight excluding hydrogens is 302 g/mol. The van der Waals surface area contributed by atoms with Gasteiger partial charge in [0.1, 0.15) is 5.75 Å². The first kappa shape index (κ1) is 20.5. The number of unbranched alkanes of at least 4 members (excludes halogenated alkanes) is 4. The maximum absolute atomic E-state index is 10.5. The number of carboxylic acids is 1. The van der Waals surface area contributed by atoms with Crippen LogP contribution in [0.25, 0.3) is 0 Å². The van der Waals surface area contributed by atoms with Gasteiger partial charge in [-0.05, 0) is 63.0 Å². The Morgan fingerprint density at radius 2 is 1.88 bits per heavy atom. The van der Waals surface area contributed by atoms with Gasteiger partial charge in [0.2, 0.25) is 0 Å². The molecule has 0 radical (unpaired) electrons. The molecule has 0 amide bonds. The van der Waals surface area contributed by atoms with Crippen molar-refractivity contribution in [3.8, 4) is 5.75 Å². The zero-order valence-electron chi connectivity index (χ0n) is 15.7. The van der Waals surface area contributed by atoms with Gasteiger partial charge >= 0.3 is 5.97 Å². The van der Waals surface area contributed by atoms with Crippen molar-refractivity contribution < 1.29 is 14.6 Å². The number of carboxylic acid groups (broad SMARTS) is 1. The Bertz CT molecular complexity index is 502. The van der Waals surface area contributed by atoms with Gasteiger partial charge in [-0.3, -0.25) is 9.69 Å². The van der Waals surface area contributed by atoms with Gasteiger partial charge in [0, 0.05) is 12.5 Å². The topological polar surface area (TPSA) is 49.8 Å². The quantitative estimate of drug-likeness (QED) is 0.557. The maximum atomic E-state index is 10.5. The normalized spacial score (nSPS) is 12.4. The number of aryl methyl sites for hydroxylation is 1. The summed E-state index contributed by atoms with van der Waals surface area (Å²) in [6.07, 6.45) is 5.58. The molecule has 1 aromatic rings. The molecule has 0 bridgehead atoms. The summed E-state index contributed by atoms with van der Waals surface area (Å²) in [5.41, 5.74) is 2.63.